The van der Waals surface area contributed by atoms with E-state index in [1.54, 1.807) is 30.5 Å². The zero-order valence-electron chi connectivity index (χ0n) is 10.7. The molecule has 1 atom stereocenters. The van der Waals surface area contributed by atoms with Gasteiger partial charge in [-0.15, -0.1) is 0 Å². The van der Waals surface area contributed by atoms with Crippen LogP contribution in [0.15, 0.2) is 48.7 Å². The summed E-state index contributed by atoms with van der Waals surface area (Å²) in [6.07, 6.45) is 0.316. The van der Waals surface area contributed by atoms with E-state index in [0.29, 0.717) is 21.5 Å². The van der Waals surface area contributed by atoms with Crippen LogP contribution >= 0.6 is 11.6 Å². The fraction of sp³-hybridized carbons (Fsp3) is 0.0625. The van der Waals surface area contributed by atoms with E-state index in [4.69, 9.17) is 11.6 Å². The summed E-state index contributed by atoms with van der Waals surface area (Å²) in [4.78, 5) is 4.19. The van der Waals surface area contributed by atoms with Gasteiger partial charge in [0.15, 0.2) is 0 Å². The van der Waals surface area contributed by atoms with Crippen LogP contribution < -0.4 is 0 Å². The number of aliphatic hydroxyl groups is 1. The average molecular weight is 306 g/mol. The minimum Gasteiger partial charge on any atom is -0.383 e. The number of nitrogens with zero attached hydrogens (tertiary/aromatic N) is 1. The molecule has 2 nitrogen and oxygen atoms in total. The maximum Gasteiger partial charge on any atom is 0.132 e. The van der Waals surface area contributed by atoms with Crippen molar-refractivity contribution in [3.63, 3.8) is 0 Å². The van der Waals surface area contributed by atoms with Gasteiger partial charge in [0.25, 0.3) is 0 Å². The van der Waals surface area contributed by atoms with E-state index in [9.17, 15) is 13.9 Å². The van der Waals surface area contributed by atoms with Crippen LogP contribution in [0.2, 0.25) is 5.02 Å². The Morgan fingerprint density at radius 3 is 2.57 bits per heavy atom. The van der Waals surface area contributed by atoms with Crippen molar-refractivity contribution in [3.05, 3.63) is 76.4 Å². The smallest absolute Gasteiger partial charge is 0.132 e. The van der Waals surface area contributed by atoms with E-state index in [0.717, 1.165) is 12.1 Å². The molecular formula is C16H10ClF2NO. The fourth-order valence-electron chi connectivity index (χ4n) is 2.27. The summed E-state index contributed by atoms with van der Waals surface area (Å²) in [5.74, 6) is -1.50. The second-order valence-corrected chi connectivity index (χ2v) is 5.01. The fourth-order valence-corrected chi connectivity index (χ4v) is 2.49. The van der Waals surface area contributed by atoms with Gasteiger partial charge in [-0.05, 0) is 24.3 Å². The summed E-state index contributed by atoms with van der Waals surface area (Å²) < 4.78 is 26.8. The third kappa shape index (κ3) is 2.48. The molecule has 0 saturated heterocycles. The van der Waals surface area contributed by atoms with Gasteiger partial charge in [-0.25, -0.2) is 8.78 Å². The van der Waals surface area contributed by atoms with Gasteiger partial charge >= 0.3 is 0 Å². The lowest BCUT2D eigenvalue weighted by atomic mass is 9.98. The van der Waals surface area contributed by atoms with Crippen LogP contribution in [0.1, 0.15) is 17.2 Å². The lowest BCUT2D eigenvalue weighted by Crippen LogP contribution is -2.04. The first-order chi connectivity index (χ1) is 10.1. The maximum atomic E-state index is 13.8. The van der Waals surface area contributed by atoms with Crippen molar-refractivity contribution >= 4 is 22.5 Å². The Labute approximate surface area is 124 Å². The van der Waals surface area contributed by atoms with E-state index in [2.05, 4.69) is 4.98 Å². The summed E-state index contributed by atoms with van der Waals surface area (Å²) >= 11 is 6.09. The van der Waals surface area contributed by atoms with Gasteiger partial charge < -0.3 is 5.11 Å². The van der Waals surface area contributed by atoms with Crippen molar-refractivity contribution in [1.29, 1.82) is 0 Å². The molecular weight excluding hydrogens is 296 g/mol. The SMILES string of the molecule is OC(c1ccc(F)cc1F)c1ccc(Cl)c2cccnc12. The third-order valence-electron chi connectivity index (χ3n) is 3.30. The molecule has 0 radical (unpaired) electrons. The summed E-state index contributed by atoms with van der Waals surface area (Å²) in [6.45, 7) is 0. The van der Waals surface area contributed by atoms with E-state index in [1.807, 2.05) is 0 Å². The Morgan fingerprint density at radius 1 is 1.05 bits per heavy atom. The second-order valence-electron chi connectivity index (χ2n) is 4.60. The predicted molar refractivity (Wildman–Crippen MR) is 77.2 cm³/mol. The molecule has 1 aromatic heterocycles. The van der Waals surface area contributed by atoms with E-state index < -0.39 is 17.7 Å². The number of halogens is 3. The van der Waals surface area contributed by atoms with Crippen LogP contribution in [0, 0.1) is 11.6 Å². The third-order valence-corrected chi connectivity index (χ3v) is 3.63. The van der Waals surface area contributed by atoms with Crippen molar-refractivity contribution in [2.24, 2.45) is 0 Å². The molecule has 0 amide bonds. The van der Waals surface area contributed by atoms with Crippen molar-refractivity contribution in [2.75, 3.05) is 0 Å². The number of hydrogen-bond donors (Lipinski definition) is 1. The molecule has 0 spiro atoms. The number of pyridine rings is 1. The molecule has 5 heteroatoms. The molecule has 0 bridgehead atoms. The lowest BCUT2D eigenvalue weighted by molar-refractivity contribution is 0.216. The van der Waals surface area contributed by atoms with Crippen molar-refractivity contribution in [1.82, 2.24) is 4.98 Å². The molecule has 106 valence electrons. The van der Waals surface area contributed by atoms with Crippen LogP contribution in [0.25, 0.3) is 10.9 Å². The number of aromatic nitrogens is 1. The first kappa shape index (κ1) is 13.9. The van der Waals surface area contributed by atoms with Crippen LogP contribution in [0.3, 0.4) is 0 Å². The normalized spacial score (nSPS) is 12.6. The van der Waals surface area contributed by atoms with Gasteiger partial charge in [-0.1, -0.05) is 23.7 Å². The molecule has 1 N–H and O–H groups in total. The van der Waals surface area contributed by atoms with E-state index >= 15 is 0 Å². The zero-order valence-corrected chi connectivity index (χ0v) is 11.5. The first-order valence-corrected chi connectivity index (χ1v) is 6.62. The van der Waals surface area contributed by atoms with E-state index in [-0.39, 0.29) is 5.56 Å². The summed E-state index contributed by atoms with van der Waals surface area (Å²) in [6, 6.07) is 9.76. The summed E-state index contributed by atoms with van der Waals surface area (Å²) in [7, 11) is 0. The minimum atomic E-state index is -1.25. The van der Waals surface area contributed by atoms with Gasteiger partial charge in [-0.2, -0.15) is 0 Å². The number of hydrogen-bond acceptors (Lipinski definition) is 2. The number of rotatable bonds is 2. The predicted octanol–water partition coefficient (Wildman–Crippen LogP) is 4.25. The Morgan fingerprint density at radius 2 is 1.81 bits per heavy atom. The molecule has 0 fully saturated rings. The number of benzene rings is 2. The minimum absolute atomic E-state index is 0.00863. The van der Waals surface area contributed by atoms with Gasteiger partial charge in [0.1, 0.15) is 17.7 Å². The lowest BCUT2D eigenvalue weighted by Gasteiger charge is -2.15. The van der Waals surface area contributed by atoms with Crippen LogP contribution in [0.5, 0.6) is 0 Å². The number of fused-ring (bicyclic) bond motifs is 1. The van der Waals surface area contributed by atoms with Gasteiger partial charge in [-0.3, -0.25) is 4.98 Å². The van der Waals surface area contributed by atoms with E-state index in [1.165, 1.54) is 6.07 Å². The number of aliphatic hydroxyl groups excluding tert-OH is 1. The average Bonchev–Trinajstić information content (AvgIpc) is 2.47. The van der Waals surface area contributed by atoms with Gasteiger partial charge in [0, 0.05) is 33.8 Å². The highest BCUT2D eigenvalue weighted by molar-refractivity contribution is 6.35. The van der Waals surface area contributed by atoms with Crippen LogP contribution in [0.4, 0.5) is 8.78 Å². The monoisotopic (exact) mass is 305 g/mol. The highest BCUT2D eigenvalue weighted by atomic mass is 35.5. The molecule has 0 aliphatic rings. The molecule has 3 rings (SSSR count). The molecule has 21 heavy (non-hydrogen) atoms. The second kappa shape index (κ2) is 5.39. The Kier molecular flexibility index (Phi) is 3.57. The molecule has 3 aromatic rings. The van der Waals surface area contributed by atoms with Crippen molar-refractivity contribution < 1.29 is 13.9 Å². The standard InChI is InChI=1S/C16H10ClF2NO/c17-13-6-5-12(15-10(13)2-1-7-20-15)16(21)11-4-3-9(18)8-14(11)19/h1-8,16,21H. The van der Waals surface area contributed by atoms with Crippen molar-refractivity contribution in [2.45, 2.75) is 6.10 Å². The highest BCUT2D eigenvalue weighted by Crippen LogP contribution is 2.32. The topological polar surface area (TPSA) is 33.1 Å². The molecule has 1 heterocycles. The van der Waals surface area contributed by atoms with Crippen molar-refractivity contribution in [3.8, 4) is 0 Å². The molecule has 2 aromatic carbocycles. The Bertz CT molecular complexity index is 822. The highest BCUT2D eigenvalue weighted by Gasteiger charge is 2.19. The van der Waals surface area contributed by atoms with Crippen LogP contribution in [-0.2, 0) is 0 Å². The Balaban J connectivity index is 2.18. The maximum absolute atomic E-state index is 13.8. The molecule has 0 aliphatic carbocycles. The quantitative estimate of drug-likeness (QED) is 0.768. The molecule has 1 unspecified atom stereocenters. The zero-order chi connectivity index (χ0) is 15.0. The molecule has 0 saturated carbocycles. The van der Waals surface area contributed by atoms with Gasteiger partial charge in [0.05, 0.1) is 5.52 Å². The Hall–Kier alpha value is -2.04. The molecule has 0 aliphatic heterocycles. The summed E-state index contributed by atoms with van der Waals surface area (Å²) in [5.41, 5.74) is 0.896. The van der Waals surface area contributed by atoms with Gasteiger partial charge in [0.2, 0.25) is 0 Å². The largest absolute Gasteiger partial charge is 0.383 e. The summed E-state index contributed by atoms with van der Waals surface area (Å²) in [5, 5.41) is 11.6. The van der Waals surface area contributed by atoms with Crippen LogP contribution in [-0.4, -0.2) is 10.1 Å². The first-order valence-electron chi connectivity index (χ1n) is 6.24.